The monoisotopic (exact) mass is 134 g/mol. The van der Waals surface area contributed by atoms with Crippen molar-refractivity contribution in [1.82, 2.24) is 4.40 Å². The van der Waals surface area contributed by atoms with Crippen molar-refractivity contribution in [3.63, 3.8) is 0 Å². The Bertz CT molecular complexity index is 353. The van der Waals surface area contributed by atoms with Crippen molar-refractivity contribution in [2.75, 3.05) is 0 Å². The molecule has 0 radical (unpaired) electrons. The fourth-order valence-corrected chi connectivity index (χ4v) is 0.969. The topological polar surface area (TPSA) is 31.3 Å². The quantitative estimate of drug-likeness (QED) is 0.383. The molecule has 2 rings (SSSR count). The molecule has 0 saturated carbocycles. The van der Waals surface area contributed by atoms with E-state index in [2.05, 4.69) is 0 Å². The molecule has 0 fully saturated rings. The molecule has 50 valence electrons. The minimum absolute atomic E-state index is 0.655. The average molecular weight is 134 g/mol. The molecule has 10 heavy (non-hydrogen) atoms. The van der Waals surface area contributed by atoms with E-state index in [0.717, 1.165) is 4.73 Å². The molecule has 0 atom stereocenters. The molecule has 0 aliphatic rings. The van der Waals surface area contributed by atoms with E-state index >= 15 is 0 Å². The van der Waals surface area contributed by atoms with Crippen LogP contribution >= 0.6 is 0 Å². The van der Waals surface area contributed by atoms with Crippen LogP contribution in [0.5, 0.6) is 0 Å². The summed E-state index contributed by atoms with van der Waals surface area (Å²) >= 11 is 0. The van der Waals surface area contributed by atoms with Gasteiger partial charge in [-0.25, -0.2) is 9.13 Å². The highest BCUT2D eigenvalue weighted by Crippen LogP contribution is 1.94. The lowest BCUT2D eigenvalue weighted by molar-refractivity contribution is -0.576. The summed E-state index contributed by atoms with van der Waals surface area (Å²) in [5.41, 5.74) is 0.655. The fourth-order valence-electron chi connectivity index (χ4n) is 0.969. The van der Waals surface area contributed by atoms with Gasteiger partial charge in [-0.15, -0.1) is 0 Å². The molecule has 3 nitrogen and oxygen atoms in total. The van der Waals surface area contributed by atoms with Crippen LogP contribution in [-0.4, -0.2) is 4.40 Å². The van der Waals surface area contributed by atoms with E-state index in [4.69, 9.17) is 0 Å². The summed E-state index contributed by atoms with van der Waals surface area (Å²) in [7, 11) is 0. The van der Waals surface area contributed by atoms with Gasteiger partial charge in [-0.2, -0.15) is 0 Å². The van der Waals surface area contributed by atoms with Gasteiger partial charge in [0.05, 0.1) is 6.20 Å². The van der Waals surface area contributed by atoms with Gasteiger partial charge in [-0.1, -0.05) is 6.07 Å². The van der Waals surface area contributed by atoms with Crippen LogP contribution in [0.1, 0.15) is 0 Å². The Kier molecular flexibility index (Phi) is 0.917. The lowest BCUT2D eigenvalue weighted by Crippen LogP contribution is -2.22. The van der Waals surface area contributed by atoms with E-state index in [0.29, 0.717) is 5.65 Å². The van der Waals surface area contributed by atoms with Gasteiger partial charge in [0.2, 0.25) is 0 Å². The molecule has 2 heterocycles. The zero-order chi connectivity index (χ0) is 6.97. The van der Waals surface area contributed by atoms with Crippen molar-refractivity contribution in [2.24, 2.45) is 0 Å². The molecule has 2 aromatic rings. The van der Waals surface area contributed by atoms with Crippen molar-refractivity contribution >= 4 is 5.65 Å². The molecule has 0 saturated heterocycles. The van der Waals surface area contributed by atoms with Gasteiger partial charge in [0.1, 0.15) is 12.4 Å². The van der Waals surface area contributed by atoms with Crippen LogP contribution in [0.15, 0.2) is 36.8 Å². The maximum Gasteiger partial charge on any atom is 0.289 e. The first-order valence-corrected chi connectivity index (χ1v) is 3.03. The third-order valence-corrected chi connectivity index (χ3v) is 1.46. The summed E-state index contributed by atoms with van der Waals surface area (Å²) in [5.74, 6) is 0. The largest absolute Gasteiger partial charge is 0.710 e. The average Bonchev–Trinajstić information content (AvgIpc) is 2.34. The number of pyridine rings is 1. The maximum atomic E-state index is 10.9. The molecule has 2 aromatic heterocycles. The highest BCUT2D eigenvalue weighted by Gasteiger charge is 1.98. The summed E-state index contributed by atoms with van der Waals surface area (Å²) < 4.78 is 2.60. The van der Waals surface area contributed by atoms with E-state index in [1.165, 1.54) is 6.20 Å². The molecule has 0 aromatic carbocycles. The first kappa shape index (κ1) is 5.29. The van der Waals surface area contributed by atoms with E-state index < -0.39 is 0 Å². The number of aromatic nitrogens is 2. The van der Waals surface area contributed by atoms with Gasteiger partial charge < -0.3 is 5.21 Å². The molecular weight excluding hydrogens is 128 g/mol. The maximum absolute atomic E-state index is 10.9. The summed E-state index contributed by atoms with van der Waals surface area (Å²) in [6.45, 7) is 0. The predicted octanol–water partition coefficient (Wildman–Crippen LogP) is 0.573. The SMILES string of the molecule is [O-][n+]1ccn2ccccc21. The van der Waals surface area contributed by atoms with Crippen LogP contribution in [0.25, 0.3) is 5.65 Å². The van der Waals surface area contributed by atoms with Crippen molar-refractivity contribution in [3.05, 3.63) is 42.0 Å². The van der Waals surface area contributed by atoms with Crippen molar-refractivity contribution < 1.29 is 4.73 Å². The number of fused-ring (bicyclic) bond motifs is 1. The van der Waals surface area contributed by atoms with Gasteiger partial charge in [0, 0.05) is 6.07 Å². The Morgan fingerprint density at radius 2 is 2.20 bits per heavy atom. The van der Waals surface area contributed by atoms with Crippen LogP contribution in [0, 0.1) is 5.21 Å². The molecule has 0 bridgehead atoms. The van der Waals surface area contributed by atoms with Crippen molar-refractivity contribution in [2.45, 2.75) is 0 Å². The van der Waals surface area contributed by atoms with Gasteiger partial charge in [-0.05, 0) is 6.07 Å². The molecule has 0 aliphatic heterocycles. The lowest BCUT2D eigenvalue weighted by Gasteiger charge is -1.93. The second kappa shape index (κ2) is 1.73. The Morgan fingerprint density at radius 3 is 3.00 bits per heavy atom. The van der Waals surface area contributed by atoms with Crippen LogP contribution in [0.2, 0.25) is 0 Å². The Balaban J connectivity index is 2.93. The molecule has 3 heteroatoms. The standard InChI is InChI=1S/C7H6N2O/c10-9-6-5-8-4-2-1-3-7(8)9/h1-6H. The zero-order valence-corrected chi connectivity index (χ0v) is 5.27. The minimum atomic E-state index is 0.655. The van der Waals surface area contributed by atoms with Crippen LogP contribution in [0.4, 0.5) is 0 Å². The zero-order valence-electron chi connectivity index (χ0n) is 5.27. The second-order valence-corrected chi connectivity index (χ2v) is 2.09. The summed E-state index contributed by atoms with van der Waals surface area (Å²) in [6, 6.07) is 5.49. The van der Waals surface area contributed by atoms with E-state index in [-0.39, 0.29) is 0 Å². The van der Waals surface area contributed by atoms with Crippen LogP contribution in [0.3, 0.4) is 0 Å². The Hall–Kier alpha value is -1.51. The normalized spacial score (nSPS) is 10.4. The fraction of sp³-hybridized carbons (Fsp3) is 0. The third-order valence-electron chi connectivity index (χ3n) is 1.46. The molecule has 0 N–H and O–H groups in total. The lowest BCUT2D eigenvalue weighted by atomic mass is 10.5. The van der Waals surface area contributed by atoms with E-state index in [1.807, 2.05) is 18.3 Å². The van der Waals surface area contributed by atoms with Crippen LogP contribution < -0.4 is 4.73 Å². The highest BCUT2D eigenvalue weighted by molar-refractivity contribution is 5.30. The first-order valence-electron chi connectivity index (χ1n) is 3.03. The number of rotatable bonds is 0. The number of hydrogen-bond acceptors (Lipinski definition) is 1. The molecule has 0 amide bonds. The Labute approximate surface area is 57.7 Å². The summed E-state index contributed by atoms with van der Waals surface area (Å²) in [6.07, 6.45) is 5.04. The highest BCUT2D eigenvalue weighted by atomic mass is 16.5. The predicted molar refractivity (Wildman–Crippen MR) is 36.4 cm³/mol. The second-order valence-electron chi connectivity index (χ2n) is 2.09. The molecule has 0 spiro atoms. The molecule has 0 unspecified atom stereocenters. The third kappa shape index (κ3) is 0.572. The van der Waals surface area contributed by atoms with Crippen molar-refractivity contribution in [3.8, 4) is 0 Å². The molecular formula is C7H6N2O. The van der Waals surface area contributed by atoms with Crippen LogP contribution in [-0.2, 0) is 0 Å². The number of hydrogen-bond donors (Lipinski definition) is 0. The summed E-state index contributed by atoms with van der Waals surface area (Å²) in [5, 5.41) is 10.9. The molecule has 0 aliphatic carbocycles. The van der Waals surface area contributed by atoms with Gasteiger partial charge in [-0.3, -0.25) is 0 Å². The smallest absolute Gasteiger partial charge is 0.289 e. The number of nitrogens with zero attached hydrogens (tertiary/aromatic N) is 2. The van der Waals surface area contributed by atoms with Gasteiger partial charge >= 0.3 is 0 Å². The first-order chi connectivity index (χ1) is 4.88. The minimum Gasteiger partial charge on any atom is -0.710 e. The van der Waals surface area contributed by atoms with E-state index in [9.17, 15) is 5.21 Å². The summed E-state index contributed by atoms with van der Waals surface area (Å²) in [4.78, 5) is 0. The van der Waals surface area contributed by atoms with Gasteiger partial charge in [0.15, 0.2) is 0 Å². The van der Waals surface area contributed by atoms with Crippen molar-refractivity contribution in [1.29, 1.82) is 0 Å². The number of imidazole rings is 1. The Morgan fingerprint density at radius 1 is 1.30 bits per heavy atom. The van der Waals surface area contributed by atoms with E-state index in [1.54, 1.807) is 16.7 Å². The van der Waals surface area contributed by atoms with Gasteiger partial charge in [0.25, 0.3) is 5.65 Å².